The van der Waals surface area contributed by atoms with Crippen molar-refractivity contribution in [2.75, 3.05) is 20.8 Å². The third kappa shape index (κ3) is 8.57. The maximum absolute atomic E-state index is 14.4. The average molecular weight is 691 g/mol. The third-order valence-electron chi connectivity index (χ3n) is 10.1. The van der Waals surface area contributed by atoms with Crippen molar-refractivity contribution < 1.29 is 38.2 Å². The van der Waals surface area contributed by atoms with Crippen molar-refractivity contribution in [3.8, 4) is 22.6 Å². The van der Waals surface area contributed by atoms with Gasteiger partial charge in [0.15, 0.2) is 0 Å². The standard InChI is InChI=1S/C38H50N4O8/c1-23(2)32(40-35(45)33(39-24(3)43)27-9-7-6-8-10-27)36(46)42-22-30(21-31(42)34(44)41-38(19-20-38)37(47)49-5)50-29-17-13-26(14-18-29)25-11-15-28(48-4)16-12-25/h11-18,23,27,30-33H,6-10,19-22H2,1-5H3,(H,39,43)(H,40,45)(H,41,44)/t30-,31?,32-,33+/m0/s1. The zero-order valence-electron chi connectivity index (χ0n) is 29.7. The van der Waals surface area contributed by atoms with E-state index in [0.717, 1.165) is 49.0 Å². The molecule has 50 heavy (non-hydrogen) atoms. The number of carbonyl (C=O) groups excluding carboxylic acids is 5. The Labute approximate surface area is 294 Å². The Hall–Kier alpha value is -4.61. The summed E-state index contributed by atoms with van der Waals surface area (Å²) in [6, 6.07) is 12.6. The highest BCUT2D eigenvalue weighted by molar-refractivity contribution is 5.97. The first-order valence-corrected chi connectivity index (χ1v) is 17.6. The van der Waals surface area contributed by atoms with E-state index in [1.165, 1.54) is 18.9 Å². The van der Waals surface area contributed by atoms with E-state index in [2.05, 4.69) is 16.0 Å². The highest BCUT2D eigenvalue weighted by atomic mass is 16.5. The van der Waals surface area contributed by atoms with Crippen LogP contribution in [0.25, 0.3) is 11.1 Å². The maximum Gasteiger partial charge on any atom is 0.331 e. The van der Waals surface area contributed by atoms with Crippen LogP contribution in [0.1, 0.15) is 72.1 Å². The first kappa shape index (κ1) is 36.7. The van der Waals surface area contributed by atoms with Gasteiger partial charge in [0.25, 0.3) is 0 Å². The van der Waals surface area contributed by atoms with Crippen LogP contribution in [0.5, 0.6) is 11.5 Å². The molecule has 270 valence electrons. The zero-order valence-corrected chi connectivity index (χ0v) is 29.7. The van der Waals surface area contributed by atoms with E-state index in [4.69, 9.17) is 14.2 Å². The molecule has 0 bridgehead atoms. The lowest BCUT2D eigenvalue weighted by molar-refractivity contribution is -0.148. The first-order chi connectivity index (χ1) is 23.9. The molecule has 2 saturated carbocycles. The Morgan fingerprint density at radius 3 is 1.96 bits per heavy atom. The van der Waals surface area contributed by atoms with Crippen LogP contribution in [0.3, 0.4) is 0 Å². The number of hydrogen-bond donors (Lipinski definition) is 3. The van der Waals surface area contributed by atoms with Gasteiger partial charge in [0.05, 0.1) is 20.8 Å². The number of likely N-dealkylation sites (tertiary alicyclic amines) is 1. The summed E-state index contributed by atoms with van der Waals surface area (Å²) in [6.07, 6.45) is 5.21. The second kappa shape index (κ2) is 15.9. The summed E-state index contributed by atoms with van der Waals surface area (Å²) in [5.41, 5.74) is 0.894. The lowest BCUT2D eigenvalue weighted by Crippen LogP contribution is -2.60. The molecule has 0 aromatic heterocycles. The Balaban J connectivity index is 1.34. The van der Waals surface area contributed by atoms with Crippen LogP contribution in [0.2, 0.25) is 0 Å². The van der Waals surface area contributed by atoms with Crippen molar-refractivity contribution in [2.45, 2.75) is 102 Å². The topological polar surface area (TPSA) is 152 Å². The van der Waals surface area contributed by atoms with Crippen LogP contribution >= 0.6 is 0 Å². The number of nitrogens with one attached hydrogen (secondary N) is 3. The molecule has 3 fully saturated rings. The minimum atomic E-state index is -1.10. The van der Waals surface area contributed by atoms with Gasteiger partial charge in [-0.3, -0.25) is 19.2 Å². The van der Waals surface area contributed by atoms with Crippen LogP contribution in [0, 0.1) is 11.8 Å². The summed E-state index contributed by atoms with van der Waals surface area (Å²) in [5.74, 6) is -1.15. The van der Waals surface area contributed by atoms with E-state index >= 15 is 0 Å². The minimum Gasteiger partial charge on any atom is -0.497 e. The first-order valence-electron chi connectivity index (χ1n) is 17.6. The van der Waals surface area contributed by atoms with Gasteiger partial charge >= 0.3 is 5.97 Å². The van der Waals surface area contributed by atoms with Crippen molar-refractivity contribution in [1.82, 2.24) is 20.9 Å². The van der Waals surface area contributed by atoms with Gasteiger partial charge in [-0.2, -0.15) is 0 Å². The van der Waals surface area contributed by atoms with E-state index in [9.17, 15) is 24.0 Å². The Kier molecular flexibility index (Phi) is 11.7. The quantitative estimate of drug-likeness (QED) is 0.269. The summed E-state index contributed by atoms with van der Waals surface area (Å²) in [4.78, 5) is 68.0. The SMILES string of the molecule is COC(=O)C1(NC(=O)C2C[C@H](Oc3ccc(-c4ccc(OC)cc4)cc3)CN2C(=O)[C@@H](NC(=O)[C@H](NC(C)=O)C2CCCCC2)C(C)C)CC1. The van der Waals surface area contributed by atoms with Crippen molar-refractivity contribution in [1.29, 1.82) is 0 Å². The Morgan fingerprint density at radius 2 is 1.44 bits per heavy atom. The van der Waals surface area contributed by atoms with Crippen LogP contribution in [-0.2, 0) is 28.7 Å². The number of esters is 1. The highest BCUT2D eigenvalue weighted by Crippen LogP contribution is 2.37. The lowest BCUT2D eigenvalue weighted by Gasteiger charge is -2.34. The molecule has 1 aliphatic heterocycles. The monoisotopic (exact) mass is 690 g/mol. The minimum absolute atomic E-state index is 0.0252. The molecule has 4 atom stereocenters. The van der Waals surface area contributed by atoms with E-state index in [0.29, 0.717) is 18.6 Å². The molecule has 1 heterocycles. The summed E-state index contributed by atoms with van der Waals surface area (Å²) < 4.78 is 16.5. The van der Waals surface area contributed by atoms with Gasteiger partial charge in [-0.05, 0) is 72.9 Å². The van der Waals surface area contributed by atoms with Crippen molar-refractivity contribution in [3.05, 3.63) is 48.5 Å². The number of rotatable bonds is 13. The molecule has 0 spiro atoms. The number of carbonyl (C=O) groups is 5. The predicted molar refractivity (Wildman–Crippen MR) is 186 cm³/mol. The summed E-state index contributed by atoms with van der Waals surface area (Å²) >= 11 is 0. The molecule has 1 unspecified atom stereocenters. The highest BCUT2D eigenvalue weighted by Gasteiger charge is 2.54. The molecule has 12 heteroatoms. The second-order valence-electron chi connectivity index (χ2n) is 14.1. The molecular formula is C38H50N4O8. The van der Waals surface area contributed by atoms with Crippen LogP contribution in [-0.4, -0.2) is 85.0 Å². The summed E-state index contributed by atoms with van der Waals surface area (Å²) in [5, 5.41) is 8.61. The normalized spacial score (nSPS) is 21.0. The molecular weight excluding hydrogens is 640 g/mol. The van der Waals surface area contributed by atoms with E-state index < -0.39 is 53.5 Å². The molecule has 0 radical (unpaired) electrons. The van der Waals surface area contributed by atoms with E-state index in [-0.39, 0.29) is 30.7 Å². The fourth-order valence-corrected chi connectivity index (χ4v) is 7.12. The predicted octanol–water partition coefficient (Wildman–Crippen LogP) is 3.76. The van der Waals surface area contributed by atoms with Crippen LogP contribution in [0.15, 0.2) is 48.5 Å². The molecule has 2 aliphatic carbocycles. The lowest BCUT2D eigenvalue weighted by atomic mass is 9.83. The van der Waals surface area contributed by atoms with Gasteiger partial charge < -0.3 is 35.1 Å². The van der Waals surface area contributed by atoms with Gasteiger partial charge in [0, 0.05) is 13.3 Å². The smallest absolute Gasteiger partial charge is 0.331 e. The molecule has 2 aromatic carbocycles. The van der Waals surface area contributed by atoms with Gasteiger partial charge in [-0.1, -0.05) is 57.4 Å². The molecule has 4 amide bonds. The largest absolute Gasteiger partial charge is 0.497 e. The molecule has 3 N–H and O–H groups in total. The summed E-state index contributed by atoms with van der Waals surface area (Å²) in [6.45, 7) is 5.14. The van der Waals surface area contributed by atoms with E-state index in [1.807, 2.05) is 62.4 Å². The van der Waals surface area contributed by atoms with Crippen LogP contribution in [0.4, 0.5) is 0 Å². The number of ether oxygens (including phenoxy) is 3. The maximum atomic E-state index is 14.4. The van der Waals surface area contributed by atoms with E-state index in [1.54, 1.807) is 7.11 Å². The number of methoxy groups -OCH3 is 2. The Bertz CT molecular complexity index is 1530. The molecule has 5 rings (SSSR count). The Morgan fingerprint density at radius 1 is 0.840 bits per heavy atom. The fraction of sp³-hybridized carbons (Fsp3) is 0.553. The van der Waals surface area contributed by atoms with Gasteiger partial charge in [0.1, 0.15) is 41.3 Å². The summed E-state index contributed by atoms with van der Waals surface area (Å²) in [7, 11) is 2.90. The fourth-order valence-electron chi connectivity index (χ4n) is 7.12. The number of amides is 4. The molecule has 2 aromatic rings. The van der Waals surface area contributed by atoms with Crippen LogP contribution < -0.4 is 25.4 Å². The van der Waals surface area contributed by atoms with Gasteiger partial charge in [0.2, 0.25) is 23.6 Å². The zero-order chi connectivity index (χ0) is 36.0. The average Bonchev–Trinajstić information content (AvgIpc) is 3.78. The second-order valence-corrected chi connectivity index (χ2v) is 14.1. The third-order valence-corrected chi connectivity index (χ3v) is 10.1. The van der Waals surface area contributed by atoms with Crippen molar-refractivity contribution >= 4 is 29.6 Å². The van der Waals surface area contributed by atoms with Gasteiger partial charge in [-0.25, -0.2) is 4.79 Å². The van der Waals surface area contributed by atoms with Crippen molar-refractivity contribution in [2.24, 2.45) is 11.8 Å². The number of nitrogens with zero attached hydrogens (tertiary/aromatic N) is 1. The molecule has 3 aliphatic rings. The number of hydrogen-bond acceptors (Lipinski definition) is 8. The van der Waals surface area contributed by atoms with Gasteiger partial charge in [-0.15, -0.1) is 0 Å². The number of benzene rings is 2. The molecule has 1 saturated heterocycles. The molecule has 12 nitrogen and oxygen atoms in total. The van der Waals surface area contributed by atoms with Crippen molar-refractivity contribution in [3.63, 3.8) is 0 Å².